The molecule has 0 radical (unpaired) electrons. The van der Waals surface area contributed by atoms with Crippen molar-refractivity contribution >= 4 is 36.4 Å². The van der Waals surface area contributed by atoms with E-state index in [0.29, 0.717) is 5.91 Å². The molecule has 4 nitrogen and oxygen atoms in total. The maximum Gasteiger partial charge on any atom is 0.227 e. The Hall–Kier alpha value is -0.970. The number of fused-ring (bicyclic) bond motifs is 1. The monoisotopic (exact) mass is 331 g/mol. The molecule has 1 aromatic rings. The highest BCUT2D eigenvalue weighted by atomic mass is 35.5. The minimum Gasteiger partial charge on any atom is -0.373 e. The van der Waals surface area contributed by atoms with Crippen LogP contribution in [0.2, 0.25) is 0 Å². The summed E-state index contributed by atoms with van der Waals surface area (Å²) in [6.45, 7) is 4.28. The fourth-order valence-corrected chi connectivity index (χ4v) is 3.00. The lowest BCUT2D eigenvalue weighted by Gasteiger charge is -2.23. The van der Waals surface area contributed by atoms with Gasteiger partial charge in [-0.3, -0.25) is 4.79 Å². The fraction of sp³-hybridized carbons (Fsp3) is 0.533. The Balaban J connectivity index is 0.00000110. The Kier molecular flexibility index (Phi) is 6.78. The average Bonchev–Trinajstić information content (AvgIpc) is 2.91. The average molecular weight is 332 g/mol. The molecule has 6 heteroatoms. The molecule has 0 aliphatic carbocycles. The number of anilines is 1. The molecule has 21 heavy (non-hydrogen) atoms. The molecule has 1 atom stereocenters. The molecule has 0 saturated carbocycles. The van der Waals surface area contributed by atoms with Crippen LogP contribution >= 0.6 is 24.8 Å². The molecule has 1 amide bonds. The number of carbonyl (C=O) groups excluding carboxylic acids is 1. The van der Waals surface area contributed by atoms with Gasteiger partial charge in [-0.1, -0.05) is 18.2 Å². The molecule has 0 bridgehead atoms. The molecule has 118 valence electrons. The molecule has 1 saturated heterocycles. The van der Waals surface area contributed by atoms with Crippen molar-refractivity contribution in [2.45, 2.75) is 13.0 Å². The zero-order valence-corrected chi connectivity index (χ0v) is 13.9. The first-order valence-electron chi connectivity index (χ1n) is 7.04. The number of hydrogen-bond donors (Lipinski definition) is 1. The number of rotatable bonds is 1. The minimum absolute atomic E-state index is 0. The molecular formula is C15H23Cl2N3O. The first kappa shape index (κ1) is 18.1. The highest BCUT2D eigenvalue weighted by molar-refractivity contribution is 5.85. The lowest BCUT2D eigenvalue weighted by atomic mass is 10.1. The third kappa shape index (κ3) is 3.82. The molecule has 1 fully saturated rings. The molecule has 2 heterocycles. The van der Waals surface area contributed by atoms with Crippen LogP contribution in [0.1, 0.15) is 12.0 Å². The van der Waals surface area contributed by atoms with Crippen molar-refractivity contribution in [3.8, 4) is 0 Å². The van der Waals surface area contributed by atoms with Gasteiger partial charge in [-0.05, 0) is 24.6 Å². The number of hydrogen-bond acceptors (Lipinski definition) is 3. The van der Waals surface area contributed by atoms with Crippen LogP contribution in [0.15, 0.2) is 24.3 Å². The number of amides is 1. The van der Waals surface area contributed by atoms with Gasteiger partial charge in [0.15, 0.2) is 0 Å². The SMILES string of the molecule is CN1CCN(C(=O)C2CCNC2)Cc2ccccc21.Cl.Cl. The van der Waals surface area contributed by atoms with Crippen molar-refractivity contribution < 1.29 is 4.79 Å². The number of carbonyl (C=O) groups is 1. The first-order chi connectivity index (χ1) is 9.25. The standard InChI is InChI=1S/C15H21N3O.2ClH/c1-17-8-9-18(15(19)12-6-7-16-10-12)11-13-4-2-3-5-14(13)17;;/h2-5,12,16H,6-11H2,1H3;2*1H. The molecule has 1 N–H and O–H groups in total. The Morgan fingerprint density at radius 2 is 2.00 bits per heavy atom. The molecule has 1 unspecified atom stereocenters. The van der Waals surface area contributed by atoms with Gasteiger partial charge in [-0.15, -0.1) is 24.8 Å². The van der Waals surface area contributed by atoms with E-state index in [0.717, 1.165) is 39.1 Å². The quantitative estimate of drug-likeness (QED) is 0.853. The number of halogens is 2. The number of benzene rings is 1. The molecule has 1 aromatic carbocycles. The van der Waals surface area contributed by atoms with Crippen molar-refractivity contribution in [1.29, 1.82) is 0 Å². The van der Waals surface area contributed by atoms with Gasteiger partial charge in [-0.2, -0.15) is 0 Å². The van der Waals surface area contributed by atoms with Crippen LogP contribution in [0.4, 0.5) is 5.69 Å². The molecule has 0 aromatic heterocycles. The molecule has 0 spiro atoms. The number of nitrogens with zero attached hydrogens (tertiary/aromatic N) is 2. The summed E-state index contributed by atoms with van der Waals surface area (Å²) in [6.07, 6.45) is 0.979. The second-order valence-corrected chi connectivity index (χ2v) is 5.50. The van der Waals surface area contributed by atoms with E-state index in [4.69, 9.17) is 0 Å². The van der Waals surface area contributed by atoms with Crippen molar-refractivity contribution in [2.75, 3.05) is 38.1 Å². The molecular weight excluding hydrogens is 309 g/mol. The van der Waals surface area contributed by atoms with E-state index < -0.39 is 0 Å². The summed E-state index contributed by atoms with van der Waals surface area (Å²) >= 11 is 0. The van der Waals surface area contributed by atoms with Crippen molar-refractivity contribution in [1.82, 2.24) is 10.2 Å². The van der Waals surface area contributed by atoms with E-state index in [1.54, 1.807) is 0 Å². The van der Waals surface area contributed by atoms with E-state index in [2.05, 4.69) is 41.5 Å². The third-order valence-electron chi connectivity index (χ3n) is 4.19. The Bertz CT molecular complexity index is 478. The van der Waals surface area contributed by atoms with Gasteiger partial charge >= 0.3 is 0 Å². The summed E-state index contributed by atoms with van der Waals surface area (Å²) < 4.78 is 0. The normalized spacial score (nSPS) is 20.9. The molecule has 2 aliphatic heterocycles. The van der Waals surface area contributed by atoms with Crippen LogP contribution in [-0.2, 0) is 11.3 Å². The van der Waals surface area contributed by atoms with Gasteiger partial charge in [-0.25, -0.2) is 0 Å². The van der Waals surface area contributed by atoms with E-state index in [1.165, 1.54) is 11.3 Å². The van der Waals surface area contributed by atoms with E-state index in [-0.39, 0.29) is 30.7 Å². The Morgan fingerprint density at radius 3 is 2.71 bits per heavy atom. The van der Waals surface area contributed by atoms with Gasteiger partial charge < -0.3 is 15.1 Å². The minimum atomic E-state index is 0. The van der Waals surface area contributed by atoms with Crippen LogP contribution in [0.25, 0.3) is 0 Å². The van der Waals surface area contributed by atoms with E-state index in [1.807, 2.05) is 4.90 Å². The summed E-state index contributed by atoms with van der Waals surface area (Å²) in [4.78, 5) is 16.8. The number of likely N-dealkylation sites (N-methyl/N-ethyl adjacent to an activating group) is 1. The largest absolute Gasteiger partial charge is 0.373 e. The van der Waals surface area contributed by atoms with Crippen LogP contribution in [0.3, 0.4) is 0 Å². The lowest BCUT2D eigenvalue weighted by Crippen LogP contribution is -2.39. The Labute approximate surface area is 138 Å². The topological polar surface area (TPSA) is 35.6 Å². The summed E-state index contributed by atoms with van der Waals surface area (Å²) in [6, 6.07) is 8.39. The fourth-order valence-electron chi connectivity index (χ4n) is 3.00. The number of nitrogens with one attached hydrogen (secondary N) is 1. The predicted molar refractivity (Wildman–Crippen MR) is 90.6 cm³/mol. The second kappa shape index (κ2) is 7.87. The van der Waals surface area contributed by atoms with Crippen LogP contribution in [0, 0.1) is 5.92 Å². The van der Waals surface area contributed by atoms with Crippen LogP contribution < -0.4 is 10.2 Å². The van der Waals surface area contributed by atoms with E-state index in [9.17, 15) is 4.79 Å². The summed E-state index contributed by atoms with van der Waals surface area (Å²) in [5.74, 6) is 0.491. The van der Waals surface area contributed by atoms with Crippen LogP contribution in [-0.4, -0.2) is 44.0 Å². The maximum absolute atomic E-state index is 12.5. The Morgan fingerprint density at radius 1 is 1.24 bits per heavy atom. The second-order valence-electron chi connectivity index (χ2n) is 5.50. The van der Waals surface area contributed by atoms with Gasteiger partial charge in [0.2, 0.25) is 5.91 Å². The van der Waals surface area contributed by atoms with Gasteiger partial charge in [0.25, 0.3) is 0 Å². The smallest absolute Gasteiger partial charge is 0.227 e. The highest BCUT2D eigenvalue weighted by Crippen LogP contribution is 2.25. The van der Waals surface area contributed by atoms with Gasteiger partial charge in [0.05, 0.1) is 5.92 Å². The highest BCUT2D eigenvalue weighted by Gasteiger charge is 2.29. The summed E-state index contributed by atoms with van der Waals surface area (Å²) in [5, 5.41) is 3.28. The lowest BCUT2D eigenvalue weighted by molar-refractivity contribution is -0.135. The van der Waals surface area contributed by atoms with Crippen LogP contribution in [0.5, 0.6) is 0 Å². The van der Waals surface area contributed by atoms with Crippen molar-refractivity contribution in [3.63, 3.8) is 0 Å². The summed E-state index contributed by atoms with van der Waals surface area (Å²) in [5.41, 5.74) is 2.50. The van der Waals surface area contributed by atoms with Crippen molar-refractivity contribution in [3.05, 3.63) is 29.8 Å². The zero-order valence-electron chi connectivity index (χ0n) is 12.2. The van der Waals surface area contributed by atoms with Crippen molar-refractivity contribution in [2.24, 2.45) is 5.92 Å². The molecule has 2 aliphatic rings. The molecule has 3 rings (SSSR count). The van der Waals surface area contributed by atoms with Gasteiger partial charge in [0.1, 0.15) is 0 Å². The summed E-state index contributed by atoms with van der Waals surface area (Å²) in [7, 11) is 2.10. The first-order valence-corrected chi connectivity index (χ1v) is 7.04. The maximum atomic E-state index is 12.5. The number of para-hydroxylation sites is 1. The predicted octanol–water partition coefficient (Wildman–Crippen LogP) is 1.92. The van der Waals surface area contributed by atoms with E-state index >= 15 is 0 Å². The zero-order chi connectivity index (χ0) is 13.2. The third-order valence-corrected chi connectivity index (χ3v) is 4.19. The van der Waals surface area contributed by atoms with Gasteiger partial charge in [0, 0.05) is 38.9 Å².